The van der Waals surface area contributed by atoms with Crippen molar-refractivity contribution in [3.8, 4) is 0 Å². The minimum Gasteiger partial charge on any atom is -0.369 e. The van der Waals surface area contributed by atoms with Gasteiger partial charge in [0.2, 0.25) is 5.91 Å². The molecule has 1 aromatic heterocycles. The number of anilines is 3. The van der Waals surface area contributed by atoms with E-state index in [1.807, 2.05) is 18.2 Å². The highest BCUT2D eigenvalue weighted by atomic mass is 35.5. The minimum atomic E-state index is -0.0713. The summed E-state index contributed by atoms with van der Waals surface area (Å²) in [6.45, 7) is 9.14. The fourth-order valence-corrected chi connectivity index (χ4v) is 4.30. The number of nitrogens with one attached hydrogen (secondary N) is 1. The number of carbonyl (C=O) groups excluding carboxylic acids is 1. The van der Waals surface area contributed by atoms with Gasteiger partial charge >= 0.3 is 0 Å². The summed E-state index contributed by atoms with van der Waals surface area (Å²) in [5.74, 6) is 0.758. The van der Waals surface area contributed by atoms with E-state index < -0.39 is 0 Å². The Bertz CT molecular complexity index is 836. The number of amides is 1. The second-order valence-corrected chi connectivity index (χ2v) is 8.34. The molecule has 2 aromatic rings. The molecule has 0 bridgehead atoms. The van der Waals surface area contributed by atoms with Gasteiger partial charge in [-0.05, 0) is 55.8 Å². The SMILES string of the molecule is CCN1CCN(c2ccc(NC(=O)[C@@H]3CCCN(c4ccc(Cl)nn4)C3)cc2)CC1. The first-order chi connectivity index (χ1) is 14.6. The summed E-state index contributed by atoms with van der Waals surface area (Å²) in [6, 6.07) is 11.8. The van der Waals surface area contributed by atoms with E-state index in [1.54, 1.807) is 6.07 Å². The van der Waals surface area contributed by atoms with Crippen LogP contribution in [0.1, 0.15) is 19.8 Å². The number of aromatic nitrogens is 2. The van der Waals surface area contributed by atoms with Gasteiger partial charge in [-0.2, -0.15) is 0 Å². The first-order valence-electron chi connectivity index (χ1n) is 10.7. The van der Waals surface area contributed by atoms with Crippen molar-refractivity contribution in [2.75, 3.05) is 60.9 Å². The molecule has 8 heteroatoms. The van der Waals surface area contributed by atoms with E-state index in [9.17, 15) is 4.79 Å². The molecule has 1 aromatic carbocycles. The van der Waals surface area contributed by atoms with Gasteiger partial charge in [-0.25, -0.2) is 0 Å². The average molecular weight is 429 g/mol. The smallest absolute Gasteiger partial charge is 0.229 e. The number of piperidine rings is 1. The van der Waals surface area contributed by atoms with Gasteiger partial charge in [-0.15, -0.1) is 10.2 Å². The van der Waals surface area contributed by atoms with Crippen molar-refractivity contribution in [2.45, 2.75) is 19.8 Å². The van der Waals surface area contributed by atoms with Crippen LogP contribution in [0.4, 0.5) is 17.2 Å². The largest absolute Gasteiger partial charge is 0.369 e. The van der Waals surface area contributed by atoms with Crippen LogP contribution in [0, 0.1) is 5.92 Å². The molecule has 2 aliphatic heterocycles. The third-order valence-corrected chi connectivity index (χ3v) is 6.26. The van der Waals surface area contributed by atoms with Gasteiger partial charge in [-0.3, -0.25) is 4.79 Å². The van der Waals surface area contributed by atoms with Crippen LogP contribution in [0.3, 0.4) is 0 Å². The number of benzene rings is 1. The Kier molecular flexibility index (Phi) is 6.69. The predicted molar refractivity (Wildman–Crippen MR) is 121 cm³/mol. The number of rotatable bonds is 5. The van der Waals surface area contributed by atoms with Gasteiger partial charge in [0.1, 0.15) is 0 Å². The molecule has 0 unspecified atom stereocenters. The van der Waals surface area contributed by atoms with Crippen LogP contribution in [0.2, 0.25) is 5.15 Å². The molecular formula is C22H29ClN6O. The van der Waals surface area contributed by atoms with E-state index in [0.29, 0.717) is 11.7 Å². The maximum Gasteiger partial charge on any atom is 0.229 e. The summed E-state index contributed by atoms with van der Waals surface area (Å²) in [5, 5.41) is 11.5. The predicted octanol–water partition coefficient (Wildman–Crippen LogP) is 3.13. The molecule has 3 heterocycles. The molecule has 0 spiro atoms. The van der Waals surface area contributed by atoms with Crippen molar-refractivity contribution in [3.05, 3.63) is 41.6 Å². The summed E-state index contributed by atoms with van der Waals surface area (Å²) in [5.41, 5.74) is 2.06. The number of halogens is 1. The molecular weight excluding hydrogens is 400 g/mol. The first kappa shape index (κ1) is 20.9. The average Bonchev–Trinajstić information content (AvgIpc) is 2.80. The Morgan fingerprint density at radius 2 is 1.80 bits per heavy atom. The summed E-state index contributed by atoms with van der Waals surface area (Å²) < 4.78 is 0. The van der Waals surface area contributed by atoms with E-state index in [4.69, 9.17) is 11.6 Å². The molecule has 0 saturated carbocycles. The van der Waals surface area contributed by atoms with Crippen LogP contribution in [-0.4, -0.2) is 66.8 Å². The van der Waals surface area contributed by atoms with Gasteiger partial charge in [0.05, 0.1) is 5.92 Å². The van der Waals surface area contributed by atoms with Gasteiger partial charge < -0.3 is 20.0 Å². The van der Waals surface area contributed by atoms with E-state index >= 15 is 0 Å². The molecule has 7 nitrogen and oxygen atoms in total. The lowest BCUT2D eigenvalue weighted by atomic mass is 9.97. The molecule has 1 N–H and O–H groups in total. The molecule has 160 valence electrons. The van der Waals surface area contributed by atoms with E-state index in [-0.39, 0.29) is 11.8 Å². The Hall–Kier alpha value is -2.38. The topological polar surface area (TPSA) is 64.6 Å². The van der Waals surface area contributed by atoms with Crippen molar-refractivity contribution in [3.63, 3.8) is 0 Å². The third kappa shape index (κ3) is 5.02. The maximum atomic E-state index is 12.8. The molecule has 2 saturated heterocycles. The highest BCUT2D eigenvalue weighted by molar-refractivity contribution is 6.29. The number of nitrogens with zero attached hydrogens (tertiary/aromatic N) is 5. The molecule has 30 heavy (non-hydrogen) atoms. The highest BCUT2D eigenvalue weighted by Crippen LogP contribution is 2.24. The Labute approximate surface area is 183 Å². The monoisotopic (exact) mass is 428 g/mol. The standard InChI is InChI=1S/C22H29ClN6O/c1-2-27-12-14-28(15-13-27)19-7-5-18(6-8-19)24-22(30)17-4-3-11-29(16-17)21-10-9-20(23)25-26-21/h5-10,17H,2-4,11-16H2,1H3,(H,24,30)/t17-/m1/s1. The van der Waals surface area contributed by atoms with Crippen molar-refractivity contribution < 1.29 is 4.79 Å². The Morgan fingerprint density at radius 3 is 2.47 bits per heavy atom. The molecule has 4 rings (SSSR count). The van der Waals surface area contributed by atoms with Crippen LogP contribution in [0.25, 0.3) is 0 Å². The van der Waals surface area contributed by atoms with Gasteiger partial charge in [-0.1, -0.05) is 18.5 Å². The summed E-state index contributed by atoms with van der Waals surface area (Å²) >= 11 is 5.83. The zero-order chi connectivity index (χ0) is 20.9. The van der Waals surface area contributed by atoms with Crippen molar-refractivity contribution in [2.24, 2.45) is 5.92 Å². The quantitative estimate of drug-likeness (QED) is 0.789. The van der Waals surface area contributed by atoms with Gasteiger partial charge in [0.15, 0.2) is 11.0 Å². The second kappa shape index (κ2) is 9.62. The number of carbonyl (C=O) groups is 1. The molecule has 1 atom stereocenters. The highest BCUT2D eigenvalue weighted by Gasteiger charge is 2.27. The molecule has 1 amide bonds. The Morgan fingerprint density at radius 1 is 1.03 bits per heavy atom. The lowest BCUT2D eigenvalue weighted by Gasteiger charge is -2.35. The molecule has 0 radical (unpaired) electrons. The molecule has 2 aliphatic rings. The van der Waals surface area contributed by atoms with Crippen LogP contribution in [0.5, 0.6) is 0 Å². The second-order valence-electron chi connectivity index (χ2n) is 7.96. The Balaban J connectivity index is 1.32. The number of piperazine rings is 1. The van der Waals surface area contributed by atoms with Crippen LogP contribution >= 0.6 is 11.6 Å². The zero-order valence-corrected chi connectivity index (χ0v) is 18.2. The summed E-state index contributed by atoms with van der Waals surface area (Å²) in [4.78, 5) is 19.8. The van der Waals surface area contributed by atoms with Crippen LogP contribution in [-0.2, 0) is 4.79 Å². The van der Waals surface area contributed by atoms with Crippen molar-refractivity contribution >= 4 is 34.7 Å². The van der Waals surface area contributed by atoms with Crippen molar-refractivity contribution in [1.29, 1.82) is 0 Å². The van der Waals surface area contributed by atoms with E-state index in [0.717, 1.165) is 63.6 Å². The fourth-order valence-electron chi connectivity index (χ4n) is 4.20. The van der Waals surface area contributed by atoms with Gasteiger partial charge in [0.25, 0.3) is 0 Å². The van der Waals surface area contributed by atoms with Crippen LogP contribution in [0.15, 0.2) is 36.4 Å². The maximum absolute atomic E-state index is 12.8. The number of hydrogen-bond donors (Lipinski definition) is 1. The molecule has 2 fully saturated rings. The summed E-state index contributed by atoms with van der Waals surface area (Å²) in [6.07, 6.45) is 1.83. The van der Waals surface area contributed by atoms with E-state index in [2.05, 4.69) is 49.3 Å². The normalized spacial score (nSPS) is 20.3. The van der Waals surface area contributed by atoms with Crippen molar-refractivity contribution in [1.82, 2.24) is 15.1 Å². The number of hydrogen-bond acceptors (Lipinski definition) is 6. The lowest BCUT2D eigenvalue weighted by molar-refractivity contribution is -0.120. The summed E-state index contributed by atoms with van der Waals surface area (Å²) in [7, 11) is 0. The van der Waals surface area contributed by atoms with Crippen LogP contribution < -0.4 is 15.1 Å². The molecule has 0 aliphatic carbocycles. The zero-order valence-electron chi connectivity index (χ0n) is 17.4. The first-order valence-corrected chi connectivity index (χ1v) is 11.1. The third-order valence-electron chi connectivity index (χ3n) is 6.05. The minimum absolute atomic E-state index is 0.0610. The lowest BCUT2D eigenvalue weighted by Crippen LogP contribution is -2.46. The fraction of sp³-hybridized carbons (Fsp3) is 0.500. The van der Waals surface area contributed by atoms with E-state index in [1.165, 1.54) is 5.69 Å². The number of likely N-dealkylation sites (N-methyl/N-ethyl adjacent to an activating group) is 1. The van der Waals surface area contributed by atoms with Gasteiger partial charge in [0, 0.05) is 50.6 Å².